The molecule has 0 spiro atoms. The molecule has 118 valence electrons. The second-order valence-electron chi connectivity index (χ2n) is 4.48. The minimum atomic E-state index is -3.44. The Hall–Kier alpha value is -1.87. The first kappa shape index (κ1) is 17.2. The van der Waals surface area contributed by atoms with E-state index in [1.54, 1.807) is 26.2 Å². The third-order valence-electron chi connectivity index (χ3n) is 2.75. The van der Waals surface area contributed by atoms with Gasteiger partial charge in [-0.3, -0.25) is 4.79 Å². The van der Waals surface area contributed by atoms with Crippen LogP contribution in [0.2, 0.25) is 0 Å². The zero-order valence-corrected chi connectivity index (χ0v) is 13.2. The van der Waals surface area contributed by atoms with Crippen molar-refractivity contribution in [2.24, 2.45) is 7.05 Å². The zero-order valence-electron chi connectivity index (χ0n) is 12.4. The fourth-order valence-corrected chi connectivity index (χ4v) is 1.95. The van der Waals surface area contributed by atoms with Gasteiger partial charge in [0.1, 0.15) is 0 Å². The standard InChI is InChI=1S/C12H19N3O5S/c1-5-20-12(17)11-9(6-7-14(11)2)13-10(16)8-15(3)21(4,18)19/h6-7H,5,8H2,1-4H3,(H,13,16). The lowest BCUT2D eigenvalue weighted by atomic mass is 10.3. The summed E-state index contributed by atoms with van der Waals surface area (Å²) in [6, 6.07) is 1.55. The molecule has 0 bridgehead atoms. The molecule has 1 heterocycles. The van der Waals surface area contributed by atoms with Crippen molar-refractivity contribution in [1.29, 1.82) is 0 Å². The molecular formula is C12H19N3O5S. The van der Waals surface area contributed by atoms with Gasteiger partial charge in [-0.15, -0.1) is 0 Å². The summed E-state index contributed by atoms with van der Waals surface area (Å²) in [4.78, 5) is 23.6. The number of nitrogens with one attached hydrogen (secondary N) is 1. The van der Waals surface area contributed by atoms with E-state index in [0.717, 1.165) is 10.6 Å². The van der Waals surface area contributed by atoms with Crippen LogP contribution in [-0.2, 0) is 26.6 Å². The van der Waals surface area contributed by atoms with Crippen molar-refractivity contribution >= 4 is 27.6 Å². The van der Waals surface area contributed by atoms with Crippen LogP contribution in [0.4, 0.5) is 5.69 Å². The molecule has 0 saturated carbocycles. The van der Waals surface area contributed by atoms with Gasteiger partial charge in [-0.05, 0) is 13.0 Å². The Morgan fingerprint density at radius 1 is 1.43 bits per heavy atom. The maximum Gasteiger partial charge on any atom is 0.357 e. The van der Waals surface area contributed by atoms with E-state index in [0.29, 0.717) is 0 Å². The second-order valence-corrected chi connectivity index (χ2v) is 6.57. The third-order valence-corrected chi connectivity index (χ3v) is 4.01. The molecule has 0 aliphatic rings. The second kappa shape index (κ2) is 6.72. The zero-order chi connectivity index (χ0) is 16.2. The summed E-state index contributed by atoms with van der Waals surface area (Å²) in [5, 5.41) is 2.51. The van der Waals surface area contributed by atoms with E-state index in [1.165, 1.54) is 11.6 Å². The summed E-state index contributed by atoms with van der Waals surface area (Å²) in [6.45, 7) is 1.56. The van der Waals surface area contributed by atoms with Gasteiger partial charge in [0.2, 0.25) is 15.9 Å². The Morgan fingerprint density at radius 2 is 2.05 bits per heavy atom. The molecule has 1 rings (SSSR count). The van der Waals surface area contributed by atoms with Gasteiger partial charge in [-0.1, -0.05) is 0 Å². The highest BCUT2D eigenvalue weighted by molar-refractivity contribution is 7.88. The topological polar surface area (TPSA) is 97.7 Å². The molecule has 0 radical (unpaired) electrons. The highest BCUT2D eigenvalue weighted by atomic mass is 32.2. The Kier molecular flexibility index (Phi) is 5.50. The molecular weight excluding hydrogens is 298 g/mol. The van der Waals surface area contributed by atoms with Crippen molar-refractivity contribution in [3.8, 4) is 0 Å². The molecule has 1 aromatic heterocycles. The number of carbonyl (C=O) groups excluding carboxylic acids is 2. The maximum absolute atomic E-state index is 11.8. The number of likely N-dealkylation sites (N-methyl/N-ethyl adjacent to an activating group) is 1. The van der Waals surface area contributed by atoms with Crippen LogP contribution >= 0.6 is 0 Å². The van der Waals surface area contributed by atoms with Gasteiger partial charge in [-0.25, -0.2) is 13.2 Å². The van der Waals surface area contributed by atoms with Gasteiger partial charge in [0, 0.05) is 20.3 Å². The van der Waals surface area contributed by atoms with Gasteiger partial charge < -0.3 is 14.6 Å². The predicted molar refractivity (Wildman–Crippen MR) is 77.5 cm³/mol. The summed E-state index contributed by atoms with van der Waals surface area (Å²) >= 11 is 0. The van der Waals surface area contributed by atoms with Crippen LogP contribution < -0.4 is 5.32 Å². The number of aromatic nitrogens is 1. The van der Waals surface area contributed by atoms with Gasteiger partial charge in [0.05, 0.1) is 25.1 Å². The SMILES string of the molecule is CCOC(=O)c1c(NC(=O)CN(C)S(C)(=O)=O)ccn1C. The Morgan fingerprint density at radius 3 is 2.57 bits per heavy atom. The largest absolute Gasteiger partial charge is 0.461 e. The Labute approximate surface area is 123 Å². The summed E-state index contributed by atoms with van der Waals surface area (Å²) in [5.74, 6) is -1.10. The average molecular weight is 317 g/mol. The summed E-state index contributed by atoms with van der Waals surface area (Å²) in [5.41, 5.74) is 0.482. The van der Waals surface area contributed by atoms with Crippen LogP contribution in [0.3, 0.4) is 0 Å². The lowest BCUT2D eigenvalue weighted by Crippen LogP contribution is -2.34. The molecule has 9 heteroatoms. The highest BCUT2D eigenvalue weighted by Gasteiger charge is 2.20. The minimum Gasteiger partial charge on any atom is -0.461 e. The normalized spacial score (nSPS) is 11.5. The number of amides is 1. The Bertz CT molecular complexity index is 635. The molecule has 0 aliphatic carbocycles. The predicted octanol–water partition coefficient (Wildman–Crippen LogP) is 0.0317. The molecule has 1 N–H and O–H groups in total. The number of hydrogen-bond acceptors (Lipinski definition) is 5. The van der Waals surface area contributed by atoms with Crippen LogP contribution in [0.1, 0.15) is 17.4 Å². The van der Waals surface area contributed by atoms with E-state index in [-0.39, 0.29) is 24.5 Å². The monoisotopic (exact) mass is 317 g/mol. The number of esters is 1. The number of rotatable bonds is 6. The number of hydrogen-bond donors (Lipinski definition) is 1. The lowest BCUT2D eigenvalue weighted by molar-refractivity contribution is -0.116. The van der Waals surface area contributed by atoms with Crippen LogP contribution in [-0.4, -0.2) is 55.6 Å². The van der Waals surface area contributed by atoms with Crippen molar-refractivity contribution < 1.29 is 22.7 Å². The molecule has 8 nitrogen and oxygen atoms in total. The Balaban J connectivity index is 2.85. The molecule has 0 atom stereocenters. The van der Waals surface area contributed by atoms with E-state index in [9.17, 15) is 18.0 Å². The van der Waals surface area contributed by atoms with E-state index >= 15 is 0 Å². The quantitative estimate of drug-likeness (QED) is 0.747. The van der Waals surface area contributed by atoms with Crippen LogP contribution in [0.25, 0.3) is 0 Å². The van der Waals surface area contributed by atoms with Crippen molar-refractivity contribution in [2.45, 2.75) is 6.92 Å². The summed E-state index contributed by atoms with van der Waals surface area (Å²) < 4.78 is 29.8. The first-order chi connectivity index (χ1) is 9.66. The van der Waals surface area contributed by atoms with E-state index in [1.807, 2.05) is 0 Å². The van der Waals surface area contributed by atoms with Gasteiger partial charge in [0.15, 0.2) is 5.69 Å². The minimum absolute atomic E-state index is 0.201. The lowest BCUT2D eigenvalue weighted by Gasteiger charge is -2.14. The average Bonchev–Trinajstić information content (AvgIpc) is 2.69. The molecule has 21 heavy (non-hydrogen) atoms. The number of sulfonamides is 1. The van der Waals surface area contributed by atoms with Crippen LogP contribution in [0, 0.1) is 0 Å². The summed E-state index contributed by atoms with van der Waals surface area (Å²) in [7, 11) is -0.503. The summed E-state index contributed by atoms with van der Waals surface area (Å²) in [6.07, 6.45) is 2.61. The molecule has 0 unspecified atom stereocenters. The molecule has 0 aromatic carbocycles. The first-order valence-corrected chi connectivity index (χ1v) is 8.05. The number of carbonyl (C=O) groups is 2. The number of nitrogens with zero attached hydrogens (tertiary/aromatic N) is 2. The van der Waals surface area contributed by atoms with Crippen LogP contribution in [0.15, 0.2) is 12.3 Å². The van der Waals surface area contributed by atoms with Gasteiger partial charge >= 0.3 is 5.97 Å². The number of ether oxygens (including phenoxy) is 1. The fraction of sp³-hybridized carbons (Fsp3) is 0.500. The molecule has 0 aliphatic heterocycles. The third kappa shape index (κ3) is 4.57. The molecule has 1 aromatic rings. The van der Waals surface area contributed by atoms with Crippen molar-refractivity contribution in [3.05, 3.63) is 18.0 Å². The van der Waals surface area contributed by atoms with Gasteiger partial charge in [-0.2, -0.15) is 4.31 Å². The maximum atomic E-state index is 11.8. The molecule has 1 amide bonds. The van der Waals surface area contributed by atoms with Crippen molar-refractivity contribution in [2.75, 3.05) is 31.8 Å². The van der Waals surface area contributed by atoms with Gasteiger partial charge in [0.25, 0.3) is 0 Å². The van der Waals surface area contributed by atoms with Crippen molar-refractivity contribution in [3.63, 3.8) is 0 Å². The molecule has 0 saturated heterocycles. The van der Waals surface area contributed by atoms with Crippen molar-refractivity contribution in [1.82, 2.24) is 8.87 Å². The number of aryl methyl sites for hydroxylation is 1. The van der Waals surface area contributed by atoms with E-state index < -0.39 is 21.9 Å². The van der Waals surface area contributed by atoms with E-state index in [2.05, 4.69) is 5.32 Å². The fourth-order valence-electron chi connectivity index (χ4n) is 1.59. The first-order valence-electron chi connectivity index (χ1n) is 6.20. The molecule has 0 fully saturated rings. The number of anilines is 1. The highest BCUT2D eigenvalue weighted by Crippen LogP contribution is 2.17. The van der Waals surface area contributed by atoms with Crippen LogP contribution in [0.5, 0.6) is 0 Å². The smallest absolute Gasteiger partial charge is 0.357 e. The van der Waals surface area contributed by atoms with E-state index in [4.69, 9.17) is 4.74 Å².